The first kappa shape index (κ1) is 16.0. The van der Waals surface area contributed by atoms with E-state index in [9.17, 15) is 0 Å². The number of nitrogens with zero attached hydrogens (tertiary/aromatic N) is 3. The third-order valence-electron chi connectivity index (χ3n) is 5.01. The van der Waals surface area contributed by atoms with E-state index in [-0.39, 0.29) is 0 Å². The van der Waals surface area contributed by atoms with E-state index < -0.39 is 0 Å². The quantitative estimate of drug-likeness (QED) is 0.623. The second-order valence-corrected chi connectivity index (χ2v) is 6.21. The predicted molar refractivity (Wildman–Crippen MR) is 88.4 cm³/mol. The summed E-state index contributed by atoms with van der Waals surface area (Å²) >= 11 is 0. The summed E-state index contributed by atoms with van der Waals surface area (Å²) in [4.78, 5) is 11.7. The van der Waals surface area contributed by atoms with Crippen molar-refractivity contribution in [1.82, 2.24) is 9.97 Å². The molecule has 0 spiro atoms. The summed E-state index contributed by atoms with van der Waals surface area (Å²) in [7, 11) is 0. The zero-order chi connectivity index (χ0) is 15.5. The van der Waals surface area contributed by atoms with Crippen LogP contribution in [0, 0.1) is 12.3 Å². The number of nitrogen functional groups attached to an aromatic ring is 1. The van der Waals surface area contributed by atoms with E-state index in [2.05, 4.69) is 43.0 Å². The van der Waals surface area contributed by atoms with Crippen molar-refractivity contribution < 1.29 is 0 Å². The number of hydrogen-bond acceptors (Lipinski definition) is 5. The van der Waals surface area contributed by atoms with Crippen LogP contribution in [-0.4, -0.2) is 23.1 Å². The Morgan fingerprint density at radius 3 is 2.48 bits per heavy atom. The minimum absolute atomic E-state index is 0.443. The highest BCUT2D eigenvalue weighted by atomic mass is 15.3. The van der Waals surface area contributed by atoms with E-state index in [1.165, 1.54) is 19.3 Å². The summed E-state index contributed by atoms with van der Waals surface area (Å²) in [5.74, 6) is 8.33. The molecule has 0 atom stereocenters. The average Bonchev–Trinajstić information content (AvgIpc) is 2.94. The SMILES string of the molecule is CCCc1nc(NN)c(C)c(N2CCC(CC)(CC)C2)n1. The maximum absolute atomic E-state index is 5.63. The van der Waals surface area contributed by atoms with Crippen molar-refractivity contribution in [2.24, 2.45) is 11.3 Å². The highest BCUT2D eigenvalue weighted by molar-refractivity contribution is 5.58. The molecule has 21 heavy (non-hydrogen) atoms. The third kappa shape index (κ3) is 3.12. The fourth-order valence-corrected chi connectivity index (χ4v) is 3.28. The molecule has 0 unspecified atom stereocenters. The maximum Gasteiger partial charge on any atom is 0.148 e. The molecular formula is C16H29N5. The van der Waals surface area contributed by atoms with Crippen molar-refractivity contribution in [3.63, 3.8) is 0 Å². The molecular weight excluding hydrogens is 262 g/mol. The first-order chi connectivity index (χ1) is 10.1. The van der Waals surface area contributed by atoms with Crippen LogP contribution in [0.5, 0.6) is 0 Å². The van der Waals surface area contributed by atoms with Crippen molar-refractivity contribution in [1.29, 1.82) is 0 Å². The van der Waals surface area contributed by atoms with Gasteiger partial charge in [-0.3, -0.25) is 0 Å². The van der Waals surface area contributed by atoms with Gasteiger partial charge in [-0.2, -0.15) is 0 Å². The van der Waals surface area contributed by atoms with Crippen molar-refractivity contribution in [3.8, 4) is 0 Å². The van der Waals surface area contributed by atoms with Gasteiger partial charge >= 0.3 is 0 Å². The number of nitrogens with one attached hydrogen (secondary N) is 1. The Bertz CT molecular complexity index is 482. The molecule has 0 amide bonds. The number of hydrogen-bond donors (Lipinski definition) is 2. The van der Waals surface area contributed by atoms with Crippen LogP contribution in [0.25, 0.3) is 0 Å². The summed E-state index contributed by atoms with van der Waals surface area (Å²) in [6.07, 6.45) is 5.64. The van der Waals surface area contributed by atoms with Crippen molar-refractivity contribution >= 4 is 11.6 Å². The summed E-state index contributed by atoms with van der Waals surface area (Å²) in [6, 6.07) is 0. The van der Waals surface area contributed by atoms with Gasteiger partial charge in [-0.1, -0.05) is 20.8 Å². The molecule has 1 aliphatic heterocycles. The summed E-state index contributed by atoms with van der Waals surface area (Å²) in [5.41, 5.74) is 4.23. The number of hydrazine groups is 1. The highest BCUT2D eigenvalue weighted by Gasteiger charge is 2.36. The molecule has 2 rings (SSSR count). The second-order valence-electron chi connectivity index (χ2n) is 6.21. The van der Waals surface area contributed by atoms with E-state index in [1.54, 1.807) is 0 Å². The Morgan fingerprint density at radius 2 is 1.95 bits per heavy atom. The van der Waals surface area contributed by atoms with Gasteiger partial charge < -0.3 is 10.3 Å². The van der Waals surface area contributed by atoms with Gasteiger partial charge in [0.15, 0.2) is 0 Å². The lowest BCUT2D eigenvalue weighted by atomic mass is 9.82. The molecule has 0 radical (unpaired) electrons. The lowest BCUT2D eigenvalue weighted by Crippen LogP contribution is -2.28. The molecule has 3 N–H and O–H groups in total. The van der Waals surface area contributed by atoms with Gasteiger partial charge in [0.25, 0.3) is 0 Å². The third-order valence-corrected chi connectivity index (χ3v) is 5.01. The normalized spacial score (nSPS) is 17.3. The Morgan fingerprint density at radius 1 is 1.24 bits per heavy atom. The van der Waals surface area contributed by atoms with Gasteiger partial charge in [-0.15, -0.1) is 0 Å². The molecule has 0 saturated carbocycles. The number of aromatic nitrogens is 2. The molecule has 1 aliphatic rings. The molecule has 1 saturated heterocycles. The van der Waals surface area contributed by atoms with Gasteiger partial charge in [0.05, 0.1) is 0 Å². The minimum atomic E-state index is 0.443. The fraction of sp³-hybridized carbons (Fsp3) is 0.750. The van der Waals surface area contributed by atoms with Crippen LogP contribution in [-0.2, 0) is 6.42 Å². The number of anilines is 2. The smallest absolute Gasteiger partial charge is 0.148 e. The van der Waals surface area contributed by atoms with Gasteiger partial charge in [0.1, 0.15) is 17.5 Å². The standard InChI is InChI=1S/C16H29N5/c1-5-8-13-18-14(20-17)12(4)15(19-13)21-10-9-16(6-2,7-3)11-21/h5-11,17H2,1-4H3,(H,18,19,20). The average molecular weight is 291 g/mol. The van der Waals surface area contributed by atoms with Crippen LogP contribution in [0.2, 0.25) is 0 Å². The number of rotatable bonds is 6. The monoisotopic (exact) mass is 291 g/mol. The Kier molecular flexibility index (Phi) is 5.04. The Balaban J connectivity index is 2.33. The van der Waals surface area contributed by atoms with E-state index in [1.807, 2.05) is 0 Å². The summed E-state index contributed by atoms with van der Waals surface area (Å²) in [5, 5.41) is 0. The summed E-state index contributed by atoms with van der Waals surface area (Å²) < 4.78 is 0. The molecule has 0 bridgehead atoms. The molecule has 5 heteroatoms. The summed E-state index contributed by atoms with van der Waals surface area (Å²) in [6.45, 7) is 11.0. The van der Waals surface area contributed by atoms with Crippen LogP contribution in [0.4, 0.5) is 11.6 Å². The number of nitrogens with two attached hydrogens (primary N) is 1. The lowest BCUT2D eigenvalue weighted by molar-refractivity contribution is 0.301. The van der Waals surface area contributed by atoms with Crippen LogP contribution in [0.15, 0.2) is 0 Å². The molecule has 118 valence electrons. The molecule has 0 aromatic carbocycles. The second kappa shape index (κ2) is 6.60. The van der Waals surface area contributed by atoms with Gasteiger partial charge in [0.2, 0.25) is 0 Å². The van der Waals surface area contributed by atoms with Crippen LogP contribution in [0.3, 0.4) is 0 Å². The minimum Gasteiger partial charge on any atom is -0.356 e. The number of aryl methyl sites for hydroxylation is 1. The Labute approximate surface area is 128 Å². The van der Waals surface area contributed by atoms with Crippen molar-refractivity contribution in [2.75, 3.05) is 23.4 Å². The van der Waals surface area contributed by atoms with Gasteiger partial charge in [0, 0.05) is 25.1 Å². The molecule has 2 heterocycles. The van der Waals surface area contributed by atoms with Crippen LogP contribution >= 0.6 is 0 Å². The molecule has 1 aromatic heterocycles. The predicted octanol–water partition coefficient (Wildman–Crippen LogP) is 3.04. The molecule has 0 aliphatic carbocycles. The highest BCUT2D eigenvalue weighted by Crippen LogP contribution is 2.39. The van der Waals surface area contributed by atoms with Crippen molar-refractivity contribution in [3.05, 3.63) is 11.4 Å². The zero-order valence-electron chi connectivity index (χ0n) is 13.9. The largest absolute Gasteiger partial charge is 0.356 e. The molecule has 1 fully saturated rings. The van der Waals surface area contributed by atoms with E-state index in [4.69, 9.17) is 10.8 Å². The van der Waals surface area contributed by atoms with Crippen LogP contribution < -0.4 is 16.2 Å². The van der Waals surface area contributed by atoms with Crippen LogP contribution in [0.1, 0.15) is 57.8 Å². The zero-order valence-corrected chi connectivity index (χ0v) is 13.9. The first-order valence-corrected chi connectivity index (χ1v) is 8.18. The lowest BCUT2D eigenvalue weighted by Gasteiger charge is -2.27. The molecule has 1 aromatic rings. The van der Waals surface area contributed by atoms with Crippen molar-refractivity contribution in [2.45, 2.75) is 59.8 Å². The van der Waals surface area contributed by atoms with Gasteiger partial charge in [-0.05, 0) is 38.0 Å². The van der Waals surface area contributed by atoms with E-state index >= 15 is 0 Å². The fourth-order valence-electron chi connectivity index (χ4n) is 3.28. The molecule has 5 nitrogen and oxygen atoms in total. The Hall–Kier alpha value is -1.36. The van der Waals surface area contributed by atoms with E-state index in [0.717, 1.165) is 49.0 Å². The first-order valence-electron chi connectivity index (χ1n) is 8.18. The van der Waals surface area contributed by atoms with Gasteiger partial charge in [-0.25, -0.2) is 15.8 Å². The van der Waals surface area contributed by atoms with E-state index in [0.29, 0.717) is 5.41 Å². The topological polar surface area (TPSA) is 67.1 Å². The maximum atomic E-state index is 5.63.